The molecule has 0 radical (unpaired) electrons. The van der Waals surface area contributed by atoms with Crippen molar-refractivity contribution in [3.8, 4) is 0 Å². The van der Waals surface area contributed by atoms with Crippen LogP contribution in [0.15, 0.2) is 22.9 Å². The molecule has 64 valence electrons. The topological polar surface area (TPSA) is 31.4 Å². The van der Waals surface area contributed by atoms with Gasteiger partial charge in [-0.15, -0.1) is 0 Å². The quantitative estimate of drug-likeness (QED) is 0.690. The first-order valence-electron chi connectivity index (χ1n) is 3.71. The highest BCUT2D eigenvalue weighted by Gasteiger charge is 2.20. The minimum absolute atomic E-state index is 0.243. The fourth-order valence-electron chi connectivity index (χ4n) is 1.11. The van der Waals surface area contributed by atoms with Crippen molar-refractivity contribution >= 4 is 15.9 Å². The summed E-state index contributed by atoms with van der Waals surface area (Å²) in [4.78, 5) is 4.08. The van der Waals surface area contributed by atoms with Crippen molar-refractivity contribution in [2.75, 3.05) is 13.2 Å². The van der Waals surface area contributed by atoms with Gasteiger partial charge in [0.15, 0.2) is 6.29 Å². The maximum Gasteiger partial charge on any atom is 0.186 e. The molecular formula is C8H8BrNO2. The fourth-order valence-corrected chi connectivity index (χ4v) is 1.55. The smallest absolute Gasteiger partial charge is 0.186 e. The Kier molecular flexibility index (Phi) is 2.39. The molecule has 4 heteroatoms. The van der Waals surface area contributed by atoms with Crippen LogP contribution >= 0.6 is 15.9 Å². The van der Waals surface area contributed by atoms with Gasteiger partial charge < -0.3 is 9.47 Å². The van der Waals surface area contributed by atoms with Gasteiger partial charge in [-0.1, -0.05) is 0 Å². The number of aromatic nitrogens is 1. The summed E-state index contributed by atoms with van der Waals surface area (Å²) in [5.74, 6) is 0. The lowest BCUT2D eigenvalue weighted by Crippen LogP contribution is -1.99. The summed E-state index contributed by atoms with van der Waals surface area (Å²) in [6.45, 7) is 1.32. The Balaban J connectivity index is 2.26. The first kappa shape index (κ1) is 8.16. The maximum absolute atomic E-state index is 5.33. The van der Waals surface area contributed by atoms with Crippen molar-refractivity contribution in [2.45, 2.75) is 6.29 Å². The zero-order chi connectivity index (χ0) is 8.39. The first-order chi connectivity index (χ1) is 5.88. The zero-order valence-corrected chi connectivity index (χ0v) is 7.95. The van der Waals surface area contributed by atoms with Crippen LogP contribution in [0.5, 0.6) is 0 Å². The monoisotopic (exact) mass is 229 g/mol. The summed E-state index contributed by atoms with van der Waals surface area (Å²) in [6, 6.07) is 3.80. The first-order valence-corrected chi connectivity index (χ1v) is 4.51. The Morgan fingerprint density at radius 1 is 1.42 bits per heavy atom. The molecule has 0 atom stereocenters. The summed E-state index contributed by atoms with van der Waals surface area (Å²) in [6.07, 6.45) is 1.48. The number of nitrogens with zero attached hydrogens (tertiary/aromatic N) is 1. The standard InChI is InChI=1S/C8H8BrNO2/c9-7-6(2-1-3-10-7)8-11-4-5-12-8/h1-3,8H,4-5H2. The molecule has 0 saturated carbocycles. The van der Waals surface area contributed by atoms with Crippen LogP contribution in [-0.4, -0.2) is 18.2 Å². The van der Waals surface area contributed by atoms with Crippen LogP contribution in [0.1, 0.15) is 11.9 Å². The van der Waals surface area contributed by atoms with Crippen LogP contribution < -0.4 is 0 Å². The highest BCUT2D eigenvalue weighted by atomic mass is 79.9. The van der Waals surface area contributed by atoms with Crippen molar-refractivity contribution in [3.63, 3.8) is 0 Å². The zero-order valence-electron chi connectivity index (χ0n) is 6.37. The van der Waals surface area contributed by atoms with Crippen LogP contribution in [0.2, 0.25) is 0 Å². The third-order valence-electron chi connectivity index (χ3n) is 1.66. The average Bonchev–Trinajstić information content (AvgIpc) is 2.57. The summed E-state index contributed by atoms with van der Waals surface area (Å²) >= 11 is 3.34. The Labute approximate surface area is 78.8 Å². The van der Waals surface area contributed by atoms with Crippen LogP contribution in [0.25, 0.3) is 0 Å². The van der Waals surface area contributed by atoms with Crippen LogP contribution in [0.3, 0.4) is 0 Å². The van der Waals surface area contributed by atoms with Crippen molar-refractivity contribution < 1.29 is 9.47 Å². The SMILES string of the molecule is Brc1ncccc1C1OCCO1. The molecule has 1 aliphatic rings. The van der Waals surface area contributed by atoms with E-state index in [9.17, 15) is 0 Å². The summed E-state index contributed by atoms with van der Waals surface area (Å²) in [5, 5.41) is 0. The van der Waals surface area contributed by atoms with E-state index in [0.717, 1.165) is 10.2 Å². The number of halogens is 1. The van der Waals surface area contributed by atoms with E-state index in [2.05, 4.69) is 20.9 Å². The molecule has 12 heavy (non-hydrogen) atoms. The van der Waals surface area contributed by atoms with E-state index < -0.39 is 0 Å². The Morgan fingerprint density at radius 3 is 2.83 bits per heavy atom. The van der Waals surface area contributed by atoms with E-state index in [0.29, 0.717) is 13.2 Å². The van der Waals surface area contributed by atoms with Crippen LogP contribution in [0.4, 0.5) is 0 Å². The second-order valence-corrected chi connectivity index (χ2v) is 3.21. The molecule has 2 rings (SSSR count). The fraction of sp³-hybridized carbons (Fsp3) is 0.375. The van der Waals surface area contributed by atoms with Gasteiger partial charge in [0.2, 0.25) is 0 Å². The van der Waals surface area contributed by atoms with Gasteiger partial charge >= 0.3 is 0 Å². The number of rotatable bonds is 1. The normalized spacial score (nSPS) is 18.4. The van der Waals surface area contributed by atoms with Gasteiger partial charge in [0.25, 0.3) is 0 Å². The minimum atomic E-state index is -0.243. The van der Waals surface area contributed by atoms with E-state index in [1.54, 1.807) is 6.20 Å². The summed E-state index contributed by atoms with van der Waals surface area (Å²) in [5.41, 5.74) is 0.954. The molecule has 1 aromatic rings. The molecule has 1 saturated heterocycles. The molecule has 3 nitrogen and oxygen atoms in total. The Hall–Kier alpha value is -0.450. The van der Waals surface area contributed by atoms with E-state index in [-0.39, 0.29) is 6.29 Å². The number of ether oxygens (including phenoxy) is 2. The Morgan fingerprint density at radius 2 is 2.17 bits per heavy atom. The van der Waals surface area contributed by atoms with Gasteiger partial charge in [-0.2, -0.15) is 0 Å². The van der Waals surface area contributed by atoms with Crippen molar-refractivity contribution in [1.29, 1.82) is 0 Å². The second kappa shape index (κ2) is 3.51. The molecule has 2 heterocycles. The van der Waals surface area contributed by atoms with Crippen LogP contribution in [0, 0.1) is 0 Å². The van der Waals surface area contributed by atoms with E-state index in [1.165, 1.54) is 0 Å². The molecule has 0 spiro atoms. The highest BCUT2D eigenvalue weighted by Crippen LogP contribution is 2.27. The van der Waals surface area contributed by atoms with Gasteiger partial charge in [0, 0.05) is 11.8 Å². The van der Waals surface area contributed by atoms with Gasteiger partial charge in [-0.25, -0.2) is 4.98 Å². The van der Waals surface area contributed by atoms with Gasteiger partial charge in [0.05, 0.1) is 13.2 Å². The van der Waals surface area contributed by atoms with Crippen molar-refractivity contribution in [3.05, 3.63) is 28.5 Å². The Bertz CT molecular complexity index is 274. The maximum atomic E-state index is 5.33. The summed E-state index contributed by atoms with van der Waals surface area (Å²) < 4.78 is 11.4. The molecular weight excluding hydrogens is 222 g/mol. The number of hydrogen-bond acceptors (Lipinski definition) is 3. The van der Waals surface area contributed by atoms with Gasteiger partial charge in [-0.05, 0) is 28.1 Å². The third-order valence-corrected chi connectivity index (χ3v) is 2.33. The van der Waals surface area contributed by atoms with Gasteiger partial charge in [0.1, 0.15) is 4.60 Å². The molecule has 1 aliphatic heterocycles. The number of hydrogen-bond donors (Lipinski definition) is 0. The largest absolute Gasteiger partial charge is 0.346 e. The van der Waals surface area contributed by atoms with Crippen LogP contribution in [-0.2, 0) is 9.47 Å². The molecule has 0 N–H and O–H groups in total. The van der Waals surface area contributed by atoms with Crippen molar-refractivity contribution in [1.82, 2.24) is 4.98 Å². The van der Waals surface area contributed by atoms with E-state index in [1.807, 2.05) is 12.1 Å². The van der Waals surface area contributed by atoms with E-state index in [4.69, 9.17) is 9.47 Å². The molecule has 1 fully saturated rings. The third kappa shape index (κ3) is 1.50. The lowest BCUT2D eigenvalue weighted by molar-refractivity contribution is -0.0449. The molecule has 0 aromatic carbocycles. The van der Waals surface area contributed by atoms with E-state index >= 15 is 0 Å². The average molecular weight is 230 g/mol. The predicted molar refractivity (Wildman–Crippen MR) is 46.6 cm³/mol. The van der Waals surface area contributed by atoms with Crippen molar-refractivity contribution in [2.24, 2.45) is 0 Å². The lowest BCUT2D eigenvalue weighted by atomic mass is 10.3. The van der Waals surface area contributed by atoms with Gasteiger partial charge in [-0.3, -0.25) is 0 Å². The lowest BCUT2D eigenvalue weighted by Gasteiger charge is -2.09. The predicted octanol–water partition coefficient (Wildman–Crippen LogP) is 1.89. The molecule has 0 bridgehead atoms. The number of pyridine rings is 1. The molecule has 1 aromatic heterocycles. The summed E-state index contributed by atoms with van der Waals surface area (Å²) in [7, 11) is 0. The molecule has 0 unspecified atom stereocenters. The highest BCUT2D eigenvalue weighted by molar-refractivity contribution is 9.10. The second-order valence-electron chi connectivity index (χ2n) is 2.46. The molecule has 0 aliphatic carbocycles. The minimum Gasteiger partial charge on any atom is -0.346 e. The molecule has 0 amide bonds.